The lowest BCUT2D eigenvalue weighted by Crippen LogP contribution is -2.56. The first-order valence-electron chi connectivity index (χ1n) is 5.17. The predicted molar refractivity (Wildman–Crippen MR) is 51.8 cm³/mol. The van der Waals surface area contributed by atoms with E-state index in [1.807, 2.05) is 0 Å². The zero-order valence-electron chi connectivity index (χ0n) is 9.54. The summed E-state index contributed by atoms with van der Waals surface area (Å²) in [5.41, 5.74) is 0. The summed E-state index contributed by atoms with van der Waals surface area (Å²) in [5, 5.41) is 0. The number of esters is 1. The SMILES string of the molecule is CO[C@@H]1[C@@H](OC)[C@@H]2OC[C@@H](O2)[C@H]1OC(C)=O. The van der Waals surface area contributed by atoms with Crippen LogP contribution in [0.2, 0.25) is 0 Å². The van der Waals surface area contributed by atoms with Crippen molar-refractivity contribution < 1.29 is 28.5 Å². The van der Waals surface area contributed by atoms with E-state index < -0.39 is 12.4 Å². The van der Waals surface area contributed by atoms with Crippen molar-refractivity contribution >= 4 is 5.97 Å². The van der Waals surface area contributed by atoms with Crippen LogP contribution in [0.4, 0.5) is 0 Å². The Morgan fingerprint density at radius 2 is 1.88 bits per heavy atom. The monoisotopic (exact) mass is 232 g/mol. The predicted octanol–water partition coefficient (Wildman–Crippen LogP) is -0.297. The standard InChI is InChI=1S/C10H16O6/c1-5(11)15-7-6-4-14-10(16-6)9(13-3)8(7)12-2/h6-10H,4H2,1-3H3/t6-,7-,8+,9-,10-/m1/s1. The number of fused-ring (bicyclic) bond motifs is 2. The van der Waals surface area contributed by atoms with Gasteiger partial charge in [-0.1, -0.05) is 0 Å². The Morgan fingerprint density at radius 3 is 2.44 bits per heavy atom. The van der Waals surface area contributed by atoms with Gasteiger partial charge < -0.3 is 23.7 Å². The van der Waals surface area contributed by atoms with Crippen molar-refractivity contribution in [1.29, 1.82) is 0 Å². The number of hydrogen-bond acceptors (Lipinski definition) is 6. The third-order valence-electron chi connectivity index (χ3n) is 2.86. The maximum atomic E-state index is 11.0. The van der Waals surface area contributed by atoms with Crippen molar-refractivity contribution in [2.24, 2.45) is 0 Å². The van der Waals surface area contributed by atoms with E-state index in [0.29, 0.717) is 6.61 Å². The van der Waals surface area contributed by atoms with Gasteiger partial charge in [-0.05, 0) is 0 Å². The fourth-order valence-corrected chi connectivity index (χ4v) is 2.19. The van der Waals surface area contributed by atoms with Gasteiger partial charge in [0.15, 0.2) is 12.4 Å². The van der Waals surface area contributed by atoms with Gasteiger partial charge in [0, 0.05) is 21.1 Å². The minimum atomic E-state index is -0.480. The van der Waals surface area contributed by atoms with E-state index >= 15 is 0 Å². The molecule has 2 aliphatic rings. The lowest BCUT2D eigenvalue weighted by molar-refractivity contribution is -0.248. The van der Waals surface area contributed by atoms with Gasteiger partial charge in [-0.25, -0.2) is 0 Å². The average Bonchev–Trinajstić information content (AvgIpc) is 2.67. The first kappa shape index (κ1) is 11.8. The summed E-state index contributed by atoms with van der Waals surface area (Å²) in [5.74, 6) is -0.365. The van der Waals surface area contributed by atoms with Crippen LogP contribution in [0.25, 0.3) is 0 Å². The van der Waals surface area contributed by atoms with E-state index in [4.69, 9.17) is 23.7 Å². The third kappa shape index (κ3) is 1.93. The Balaban J connectivity index is 2.16. The van der Waals surface area contributed by atoms with Gasteiger partial charge in [-0.3, -0.25) is 4.79 Å². The Bertz CT molecular complexity index is 268. The van der Waals surface area contributed by atoms with Crippen LogP contribution in [-0.4, -0.2) is 57.5 Å². The molecule has 92 valence electrons. The van der Waals surface area contributed by atoms with Gasteiger partial charge >= 0.3 is 5.97 Å². The molecular formula is C10H16O6. The smallest absolute Gasteiger partial charge is 0.303 e. The summed E-state index contributed by atoms with van der Waals surface area (Å²) >= 11 is 0. The van der Waals surface area contributed by atoms with Crippen molar-refractivity contribution in [2.45, 2.75) is 37.6 Å². The van der Waals surface area contributed by atoms with Crippen molar-refractivity contribution in [3.8, 4) is 0 Å². The second-order valence-electron chi connectivity index (χ2n) is 3.85. The highest BCUT2D eigenvalue weighted by Crippen LogP contribution is 2.32. The van der Waals surface area contributed by atoms with Crippen LogP contribution >= 0.6 is 0 Å². The molecule has 2 fully saturated rings. The van der Waals surface area contributed by atoms with Gasteiger partial charge in [0.05, 0.1) is 6.61 Å². The van der Waals surface area contributed by atoms with Crippen molar-refractivity contribution in [1.82, 2.24) is 0 Å². The van der Waals surface area contributed by atoms with Crippen LogP contribution in [0.15, 0.2) is 0 Å². The van der Waals surface area contributed by atoms with Gasteiger partial charge in [-0.2, -0.15) is 0 Å². The number of ether oxygens (including phenoxy) is 5. The van der Waals surface area contributed by atoms with E-state index in [0.717, 1.165) is 0 Å². The minimum Gasteiger partial charge on any atom is -0.457 e. The van der Waals surface area contributed by atoms with E-state index in [1.54, 1.807) is 14.2 Å². The Morgan fingerprint density at radius 1 is 1.19 bits per heavy atom. The molecule has 0 spiro atoms. The number of carbonyl (C=O) groups excluding carboxylic acids is 1. The molecule has 0 saturated carbocycles. The van der Waals surface area contributed by atoms with E-state index in [2.05, 4.69) is 0 Å². The molecule has 0 aliphatic carbocycles. The number of carbonyl (C=O) groups is 1. The van der Waals surface area contributed by atoms with Crippen LogP contribution in [0.5, 0.6) is 0 Å². The average molecular weight is 232 g/mol. The molecule has 0 N–H and O–H groups in total. The molecule has 0 aromatic rings. The molecule has 2 bridgehead atoms. The molecule has 2 saturated heterocycles. The first-order valence-corrected chi connectivity index (χ1v) is 5.17. The van der Waals surface area contributed by atoms with Crippen molar-refractivity contribution in [3.63, 3.8) is 0 Å². The highest BCUT2D eigenvalue weighted by Gasteiger charge is 2.53. The van der Waals surface area contributed by atoms with E-state index in [1.165, 1.54) is 6.92 Å². The molecule has 6 heteroatoms. The van der Waals surface area contributed by atoms with Crippen molar-refractivity contribution in [3.05, 3.63) is 0 Å². The van der Waals surface area contributed by atoms with Crippen molar-refractivity contribution in [2.75, 3.05) is 20.8 Å². The highest BCUT2D eigenvalue weighted by atomic mass is 16.8. The van der Waals surface area contributed by atoms with E-state index in [-0.39, 0.29) is 24.3 Å². The summed E-state index contributed by atoms with van der Waals surface area (Å²) < 4.78 is 26.8. The molecule has 5 atom stereocenters. The molecule has 0 unspecified atom stereocenters. The van der Waals surface area contributed by atoms with Gasteiger partial charge in [0.2, 0.25) is 0 Å². The van der Waals surface area contributed by atoms with E-state index in [9.17, 15) is 4.79 Å². The normalized spacial score (nSPS) is 42.1. The second-order valence-corrected chi connectivity index (χ2v) is 3.85. The van der Waals surface area contributed by atoms with Crippen LogP contribution in [0.1, 0.15) is 6.92 Å². The molecule has 2 aliphatic heterocycles. The fourth-order valence-electron chi connectivity index (χ4n) is 2.19. The topological polar surface area (TPSA) is 63.2 Å². The fraction of sp³-hybridized carbons (Fsp3) is 0.900. The molecule has 0 aromatic heterocycles. The zero-order chi connectivity index (χ0) is 11.7. The molecule has 16 heavy (non-hydrogen) atoms. The lowest BCUT2D eigenvalue weighted by Gasteiger charge is -2.38. The molecule has 0 radical (unpaired) electrons. The molecule has 6 nitrogen and oxygen atoms in total. The maximum absolute atomic E-state index is 11.0. The lowest BCUT2D eigenvalue weighted by atomic mass is 10.0. The van der Waals surface area contributed by atoms with Crippen LogP contribution < -0.4 is 0 Å². The molecule has 0 amide bonds. The summed E-state index contributed by atoms with van der Waals surface area (Å²) in [6, 6.07) is 0. The Hall–Kier alpha value is -0.690. The van der Waals surface area contributed by atoms with Gasteiger partial charge in [0.25, 0.3) is 0 Å². The third-order valence-corrected chi connectivity index (χ3v) is 2.86. The second kappa shape index (κ2) is 4.67. The molecular weight excluding hydrogens is 216 g/mol. The Labute approximate surface area is 93.7 Å². The number of rotatable bonds is 3. The Kier molecular flexibility index (Phi) is 3.44. The number of hydrogen-bond donors (Lipinski definition) is 0. The van der Waals surface area contributed by atoms with Crippen LogP contribution in [-0.2, 0) is 28.5 Å². The quantitative estimate of drug-likeness (QED) is 0.623. The molecule has 2 rings (SSSR count). The van der Waals surface area contributed by atoms with Crippen LogP contribution in [0, 0.1) is 0 Å². The summed E-state index contributed by atoms with van der Waals surface area (Å²) in [4.78, 5) is 11.0. The van der Waals surface area contributed by atoms with Crippen LogP contribution in [0.3, 0.4) is 0 Å². The number of methoxy groups -OCH3 is 2. The molecule has 0 aromatic carbocycles. The zero-order valence-corrected chi connectivity index (χ0v) is 9.54. The summed E-state index contributed by atoms with van der Waals surface area (Å²) in [7, 11) is 3.10. The first-order chi connectivity index (χ1) is 7.67. The largest absolute Gasteiger partial charge is 0.457 e. The highest BCUT2D eigenvalue weighted by molar-refractivity contribution is 5.66. The maximum Gasteiger partial charge on any atom is 0.303 e. The minimum absolute atomic E-state index is 0.273. The van der Waals surface area contributed by atoms with Gasteiger partial charge in [-0.15, -0.1) is 0 Å². The van der Waals surface area contributed by atoms with Gasteiger partial charge in [0.1, 0.15) is 18.3 Å². The summed E-state index contributed by atoms with van der Waals surface area (Å²) in [6.45, 7) is 1.75. The summed E-state index contributed by atoms with van der Waals surface area (Å²) in [6.07, 6.45) is -1.93. The molecule has 2 heterocycles.